The molecule has 0 aliphatic heterocycles. The van der Waals surface area contributed by atoms with Gasteiger partial charge >= 0.3 is 0 Å². The van der Waals surface area contributed by atoms with E-state index in [1.165, 1.54) is 32.1 Å². The van der Waals surface area contributed by atoms with Crippen molar-refractivity contribution < 1.29 is 0 Å². The molecule has 0 spiro atoms. The van der Waals surface area contributed by atoms with E-state index in [1.807, 2.05) is 0 Å². The maximum absolute atomic E-state index is 6.03. The molecule has 0 aromatic carbocycles. The first kappa shape index (κ1) is 9.05. The molecule has 0 saturated heterocycles. The van der Waals surface area contributed by atoms with Crippen molar-refractivity contribution in [1.29, 1.82) is 0 Å². The van der Waals surface area contributed by atoms with Crippen LogP contribution in [0.2, 0.25) is 0 Å². The molecular weight excluding hydrogens is 134 g/mol. The van der Waals surface area contributed by atoms with Gasteiger partial charge in [0.15, 0.2) is 0 Å². The Morgan fingerprint density at radius 1 is 1.27 bits per heavy atom. The first-order chi connectivity index (χ1) is 5.20. The van der Waals surface area contributed by atoms with Gasteiger partial charge in [0.1, 0.15) is 0 Å². The van der Waals surface area contributed by atoms with E-state index in [4.69, 9.17) is 5.73 Å². The van der Waals surface area contributed by atoms with Gasteiger partial charge in [-0.2, -0.15) is 0 Å². The summed E-state index contributed by atoms with van der Waals surface area (Å²) in [6.07, 6.45) is 6.73. The van der Waals surface area contributed by atoms with Crippen molar-refractivity contribution in [3.63, 3.8) is 0 Å². The van der Waals surface area contributed by atoms with Crippen LogP contribution in [0, 0.1) is 11.8 Å². The van der Waals surface area contributed by atoms with E-state index in [9.17, 15) is 0 Å². The molecule has 0 radical (unpaired) electrons. The highest BCUT2D eigenvalue weighted by atomic mass is 14.7. The average Bonchev–Trinajstić information content (AvgIpc) is 1.93. The summed E-state index contributed by atoms with van der Waals surface area (Å²) in [5.41, 5.74) is 6.03. The van der Waals surface area contributed by atoms with E-state index in [0.717, 1.165) is 11.8 Å². The van der Waals surface area contributed by atoms with Gasteiger partial charge in [0.25, 0.3) is 0 Å². The standard InChI is InChI=1S/C10H21N/c1-8(2)7-9-5-3-4-6-10(9)11/h8-10H,3-7,11H2,1-2H3. The second-order valence-corrected chi connectivity index (χ2v) is 4.34. The molecule has 66 valence electrons. The van der Waals surface area contributed by atoms with Gasteiger partial charge in [-0.25, -0.2) is 0 Å². The van der Waals surface area contributed by atoms with Gasteiger partial charge in [0.2, 0.25) is 0 Å². The number of rotatable bonds is 2. The fourth-order valence-corrected chi connectivity index (χ4v) is 2.13. The fraction of sp³-hybridized carbons (Fsp3) is 1.00. The predicted octanol–water partition coefficient (Wildman–Crippen LogP) is 2.55. The van der Waals surface area contributed by atoms with Gasteiger partial charge in [0, 0.05) is 6.04 Å². The molecule has 0 aromatic rings. The molecule has 1 saturated carbocycles. The summed E-state index contributed by atoms with van der Waals surface area (Å²) in [4.78, 5) is 0. The topological polar surface area (TPSA) is 26.0 Å². The lowest BCUT2D eigenvalue weighted by Gasteiger charge is -2.29. The summed E-state index contributed by atoms with van der Waals surface area (Å²) in [6.45, 7) is 4.59. The molecule has 1 aliphatic carbocycles. The van der Waals surface area contributed by atoms with E-state index in [2.05, 4.69) is 13.8 Å². The fourth-order valence-electron chi connectivity index (χ4n) is 2.13. The molecule has 2 atom stereocenters. The van der Waals surface area contributed by atoms with Crippen LogP contribution in [-0.4, -0.2) is 6.04 Å². The lowest BCUT2D eigenvalue weighted by atomic mass is 9.80. The van der Waals surface area contributed by atoms with E-state index in [0.29, 0.717) is 6.04 Å². The van der Waals surface area contributed by atoms with Gasteiger partial charge in [-0.3, -0.25) is 0 Å². The first-order valence-corrected chi connectivity index (χ1v) is 4.95. The second-order valence-electron chi connectivity index (χ2n) is 4.34. The smallest absolute Gasteiger partial charge is 0.00672 e. The summed E-state index contributed by atoms with van der Waals surface area (Å²) in [5, 5.41) is 0. The van der Waals surface area contributed by atoms with Crippen molar-refractivity contribution in [2.45, 2.75) is 52.0 Å². The molecule has 1 aliphatic rings. The Balaban J connectivity index is 2.29. The Labute approximate surface area is 70.4 Å². The Morgan fingerprint density at radius 3 is 2.45 bits per heavy atom. The van der Waals surface area contributed by atoms with E-state index >= 15 is 0 Å². The van der Waals surface area contributed by atoms with Crippen molar-refractivity contribution in [1.82, 2.24) is 0 Å². The van der Waals surface area contributed by atoms with Crippen LogP contribution >= 0.6 is 0 Å². The van der Waals surface area contributed by atoms with Crippen LogP contribution < -0.4 is 5.73 Å². The van der Waals surface area contributed by atoms with Crippen molar-refractivity contribution >= 4 is 0 Å². The Kier molecular flexibility index (Phi) is 3.38. The van der Waals surface area contributed by atoms with Gasteiger partial charge < -0.3 is 5.73 Å². The lowest BCUT2D eigenvalue weighted by Crippen LogP contribution is -2.33. The van der Waals surface area contributed by atoms with Crippen LogP contribution in [0.25, 0.3) is 0 Å². The normalized spacial score (nSPS) is 32.7. The summed E-state index contributed by atoms with van der Waals surface area (Å²) >= 11 is 0. The van der Waals surface area contributed by atoms with E-state index in [-0.39, 0.29) is 0 Å². The summed E-state index contributed by atoms with van der Waals surface area (Å²) in [5.74, 6) is 1.65. The molecule has 11 heavy (non-hydrogen) atoms. The highest BCUT2D eigenvalue weighted by Gasteiger charge is 2.21. The third-order valence-electron chi connectivity index (χ3n) is 2.74. The highest BCUT2D eigenvalue weighted by molar-refractivity contribution is 4.78. The monoisotopic (exact) mass is 155 g/mol. The zero-order chi connectivity index (χ0) is 8.27. The molecule has 0 amide bonds. The van der Waals surface area contributed by atoms with Crippen LogP contribution in [-0.2, 0) is 0 Å². The molecular formula is C10H21N. The van der Waals surface area contributed by atoms with Gasteiger partial charge in [-0.15, -0.1) is 0 Å². The molecule has 0 aromatic heterocycles. The maximum atomic E-state index is 6.03. The average molecular weight is 155 g/mol. The Bertz CT molecular complexity index is 109. The van der Waals surface area contributed by atoms with Crippen molar-refractivity contribution in [2.75, 3.05) is 0 Å². The minimum absolute atomic E-state index is 0.506. The van der Waals surface area contributed by atoms with Gasteiger partial charge in [0.05, 0.1) is 0 Å². The third kappa shape index (κ3) is 2.82. The number of hydrogen-bond donors (Lipinski definition) is 1. The molecule has 1 fully saturated rings. The van der Waals surface area contributed by atoms with Crippen molar-refractivity contribution in [3.05, 3.63) is 0 Å². The minimum atomic E-state index is 0.506. The summed E-state index contributed by atoms with van der Waals surface area (Å²) in [6, 6.07) is 0.506. The first-order valence-electron chi connectivity index (χ1n) is 4.95. The van der Waals surface area contributed by atoms with Crippen LogP contribution in [0.15, 0.2) is 0 Å². The SMILES string of the molecule is CC(C)CC1CCCCC1N. The third-order valence-corrected chi connectivity index (χ3v) is 2.74. The predicted molar refractivity (Wildman–Crippen MR) is 49.4 cm³/mol. The highest BCUT2D eigenvalue weighted by Crippen LogP contribution is 2.27. The quantitative estimate of drug-likeness (QED) is 0.651. The summed E-state index contributed by atoms with van der Waals surface area (Å²) < 4.78 is 0. The van der Waals surface area contributed by atoms with Crippen LogP contribution in [0.4, 0.5) is 0 Å². The minimum Gasteiger partial charge on any atom is -0.327 e. The summed E-state index contributed by atoms with van der Waals surface area (Å²) in [7, 11) is 0. The molecule has 1 rings (SSSR count). The van der Waals surface area contributed by atoms with Crippen molar-refractivity contribution in [3.8, 4) is 0 Å². The zero-order valence-electron chi connectivity index (χ0n) is 7.84. The van der Waals surface area contributed by atoms with Crippen LogP contribution in [0.5, 0.6) is 0 Å². The number of nitrogens with two attached hydrogens (primary N) is 1. The van der Waals surface area contributed by atoms with E-state index in [1.54, 1.807) is 0 Å². The largest absolute Gasteiger partial charge is 0.327 e. The molecule has 0 heterocycles. The Hall–Kier alpha value is -0.0400. The van der Waals surface area contributed by atoms with Crippen molar-refractivity contribution in [2.24, 2.45) is 17.6 Å². The van der Waals surface area contributed by atoms with Crippen LogP contribution in [0.1, 0.15) is 46.0 Å². The van der Waals surface area contributed by atoms with Crippen LogP contribution in [0.3, 0.4) is 0 Å². The van der Waals surface area contributed by atoms with E-state index < -0.39 is 0 Å². The lowest BCUT2D eigenvalue weighted by molar-refractivity contribution is 0.265. The van der Waals surface area contributed by atoms with Gasteiger partial charge in [-0.1, -0.05) is 26.7 Å². The molecule has 2 N–H and O–H groups in total. The second kappa shape index (κ2) is 4.10. The van der Waals surface area contributed by atoms with Gasteiger partial charge in [-0.05, 0) is 31.1 Å². The molecule has 0 bridgehead atoms. The number of hydrogen-bond acceptors (Lipinski definition) is 1. The molecule has 1 heteroatoms. The zero-order valence-corrected chi connectivity index (χ0v) is 7.84. The maximum Gasteiger partial charge on any atom is 0.00672 e. The Morgan fingerprint density at radius 2 is 1.91 bits per heavy atom. The molecule has 2 unspecified atom stereocenters. The molecule has 1 nitrogen and oxygen atoms in total.